The normalized spacial score (nSPS) is 17.3. The standard InChI is InChI=1S/C18H21N3O3/c1-13-19-6-9-21(13)11-14-4-7-20(8-5-14)18(22)15-2-3-16-17(10-15)24-12-23-16/h2-3,6,9-10,14H,4-5,7-8,11-12H2,1H3. The Morgan fingerprint density at radius 1 is 1.25 bits per heavy atom. The van der Waals surface area contributed by atoms with Gasteiger partial charge in [0.25, 0.3) is 5.91 Å². The first-order valence-corrected chi connectivity index (χ1v) is 8.37. The molecule has 1 amide bonds. The smallest absolute Gasteiger partial charge is 0.253 e. The summed E-state index contributed by atoms with van der Waals surface area (Å²) in [4.78, 5) is 18.9. The summed E-state index contributed by atoms with van der Waals surface area (Å²) in [5.41, 5.74) is 0.670. The van der Waals surface area contributed by atoms with Gasteiger partial charge in [-0.05, 0) is 43.9 Å². The van der Waals surface area contributed by atoms with Crippen molar-refractivity contribution in [1.82, 2.24) is 14.5 Å². The second-order valence-corrected chi connectivity index (χ2v) is 6.43. The minimum Gasteiger partial charge on any atom is -0.454 e. The Kier molecular flexibility index (Phi) is 3.88. The van der Waals surface area contributed by atoms with E-state index in [2.05, 4.69) is 9.55 Å². The average Bonchev–Trinajstić information content (AvgIpc) is 3.23. The monoisotopic (exact) mass is 327 g/mol. The van der Waals surface area contributed by atoms with Crippen LogP contribution in [0.25, 0.3) is 0 Å². The van der Waals surface area contributed by atoms with E-state index in [-0.39, 0.29) is 12.7 Å². The van der Waals surface area contributed by atoms with Crippen LogP contribution in [-0.2, 0) is 6.54 Å². The number of nitrogens with zero attached hydrogens (tertiary/aromatic N) is 3. The van der Waals surface area contributed by atoms with E-state index < -0.39 is 0 Å². The number of aryl methyl sites for hydroxylation is 1. The molecule has 2 aromatic rings. The first-order chi connectivity index (χ1) is 11.7. The zero-order valence-electron chi connectivity index (χ0n) is 13.8. The first kappa shape index (κ1) is 15.1. The van der Waals surface area contributed by atoms with E-state index >= 15 is 0 Å². The Balaban J connectivity index is 1.37. The van der Waals surface area contributed by atoms with Gasteiger partial charge in [-0.3, -0.25) is 4.79 Å². The van der Waals surface area contributed by atoms with Crippen LogP contribution in [0.4, 0.5) is 0 Å². The zero-order valence-corrected chi connectivity index (χ0v) is 13.8. The molecule has 1 fully saturated rings. The van der Waals surface area contributed by atoms with E-state index in [0.29, 0.717) is 23.0 Å². The second kappa shape index (κ2) is 6.19. The quantitative estimate of drug-likeness (QED) is 0.869. The van der Waals surface area contributed by atoms with Crippen molar-refractivity contribution in [3.63, 3.8) is 0 Å². The van der Waals surface area contributed by atoms with Gasteiger partial charge in [0.05, 0.1) is 0 Å². The van der Waals surface area contributed by atoms with E-state index in [1.54, 1.807) is 6.07 Å². The molecule has 2 aliphatic heterocycles. The lowest BCUT2D eigenvalue weighted by molar-refractivity contribution is 0.0682. The van der Waals surface area contributed by atoms with E-state index in [4.69, 9.17) is 9.47 Å². The van der Waals surface area contributed by atoms with Crippen molar-refractivity contribution in [3.8, 4) is 11.5 Å². The van der Waals surface area contributed by atoms with Crippen molar-refractivity contribution < 1.29 is 14.3 Å². The van der Waals surface area contributed by atoms with Gasteiger partial charge in [-0.25, -0.2) is 4.98 Å². The van der Waals surface area contributed by atoms with Crippen LogP contribution in [0.2, 0.25) is 0 Å². The van der Waals surface area contributed by atoms with Crippen LogP contribution in [0, 0.1) is 12.8 Å². The van der Waals surface area contributed by atoms with Gasteiger partial charge in [-0.1, -0.05) is 0 Å². The topological polar surface area (TPSA) is 56.6 Å². The van der Waals surface area contributed by atoms with Gasteiger partial charge in [-0.2, -0.15) is 0 Å². The Labute approximate surface area is 141 Å². The summed E-state index contributed by atoms with van der Waals surface area (Å²) >= 11 is 0. The summed E-state index contributed by atoms with van der Waals surface area (Å²) in [5, 5.41) is 0. The molecule has 126 valence electrons. The molecule has 4 rings (SSSR count). The van der Waals surface area contributed by atoms with Crippen LogP contribution in [0.3, 0.4) is 0 Å². The maximum Gasteiger partial charge on any atom is 0.253 e. The summed E-state index contributed by atoms with van der Waals surface area (Å²) in [6.07, 6.45) is 5.91. The number of fused-ring (bicyclic) bond motifs is 1. The Hall–Kier alpha value is -2.50. The lowest BCUT2D eigenvalue weighted by Crippen LogP contribution is -2.39. The third kappa shape index (κ3) is 2.84. The molecule has 0 bridgehead atoms. The van der Waals surface area contributed by atoms with Crippen LogP contribution < -0.4 is 9.47 Å². The molecule has 0 saturated carbocycles. The Bertz CT molecular complexity index is 748. The van der Waals surface area contributed by atoms with Crippen molar-refractivity contribution in [2.45, 2.75) is 26.3 Å². The molecule has 3 heterocycles. The van der Waals surface area contributed by atoms with Crippen molar-refractivity contribution in [2.75, 3.05) is 19.9 Å². The van der Waals surface area contributed by atoms with Gasteiger partial charge in [-0.15, -0.1) is 0 Å². The molecule has 0 radical (unpaired) electrons. The van der Waals surface area contributed by atoms with E-state index in [9.17, 15) is 4.79 Å². The van der Waals surface area contributed by atoms with Gasteiger partial charge in [0.15, 0.2) is 11.5 Å². The summed E-state index contributed by atoms with van der Waals surface area (Å²) in [7, 11) is 0. The highest BCUT2D eigenvalue weighted by Crippen LogP contribution is 2.33. The molecule has 1 aromatic heterocycles. The molecule has 1 aromatic carbocycles. The van der Waals surface area contributed by atoms with E-state index in [1.165, 1.54) is 0 Å². The Morgan fingerprint density at radius 2 is 2.04 bits per heavy atom. The largest absolute Gasteiger partial charge is 0.454 e. The number of benzene rings is 1. The van der Waals surface area contributed by atoms with Gasteiger partial charge >= 0.3 is 0 Å². The fourth-order valence-electron chi connectivity index (χ4n) is 3.41. The third-order valence-electron chi connectivity index (χ3n) is 4.90. The first-order valence-electron chi connectivity index (χ1n) is 8.37. The molecule has 0 atom stereocenters. The zero-order chi connectivity index (χ0) is 16.5. The number of carbonyl (C=O) groups is 1. The highest BCUT2D eigenvalue weighted by atomic mass is 16.7. The predicted molar refractivity (Wildman–Crippen MR) is 88.2 cm³/mol. The van der Waals surface area contributed by atoms with Gasteiger partial charge in [0, 0.05) is 37.6 Å². The van der Waals surface area contributed by atoms with Gasteiger partial charge < -0.3 is 18.9 Å². The number of ether oxygens (including phenoxy) is 2. The lowest BCUT2D eigenvalue weighted by Gasteiger charge is -2.32. The maximum atomic E-state index is 12.7. The second-order valence-electron chi connectivity index (χ2n) is 6.43. The molecule has 0 aliphatic carbocycles. The number of carbonyl (C=O) groups excluding carboxylic acids is 1. The van der Waals surface area contributed by atoms with Crippen molar-refractivity contribution in [1.29, 1.82) is 0 Å². The van der Waals surface area contributed by atoms with Crippen LogP contribution in [0.15, 0.2) is 30.6 Å². The van der Waals surface area contributed by atoms with Gasteiger partial charge in [0.1, 0.15) is 5.82 Å². The molecule has 1 saturated heterocycles. The van der Waals surface area contributed by atoms with Crippen LogP contribution >= 0.6 is 0 Å². The van der Waals surface area contributed by atoms with Crippen molar-refractivity contribution in [3.05, 3.63) is 42.0 Å². The summed E-state index contributed by atoms with van der Waals surface area (Å²) in [6, 6.07) is 5.41. The number of piperidine rings is 1. The van der Waals surface area contributed by atoms with Gasteiger partial charge in [0.2, 0.25) is 6.79 Å². The van der Waals surface area contributed by atoms with Crippen LogP contribution in [0.1, 0.15) is 29.0 Å². The molecule has 2 aliphatic rings. The molecule has 0 spiro atoms. The SMILES string of the molecule is Cc1nccn1CC1CCN(C(=O)c2ccc3c(c2)OCO3)CC1. The molecule has 6 heteroatoms. The minimum atomic E-state index is 0.0746. The molecular weight excluding hydrogens is 306 g/mol. The van der Waals surface area contributed by atoms with Crippen molar-refractivity contribution in [2.24, 2.45) is 5.92 Å². The average molecular weight is 327 g/mol. The van der Waals surface area contributed by atoms with Crippen LogP contribution in [0.5, 0.6) is 11.5 Å². The number of likely N-dealkylation sites (tertiary alicyclic amines) is 1. The number of rotatable bonds is 3. The molecule has 6 nitrogen and oxygen atoms in total. The minimum absolute atomic E-state index is 0.0746. The lowest BCUT2D eigenvalue weighted by atomic mass is 9.96. The third-order valence-corrected chi connectivity index (χ3v) is 4.90. The van der Waals surface area contributed by atoms with E-state index in [0.717, 1.165) is 38.3 Å². The molecule has 24 heavy (non-hydrogen) atoms. The fourth-order valence-corrected chi connectivity index (χ4v) is 3.41. The maximum absolute atomic E-state index is 12.7. The summed E-state index contributed by atoms with van der Waals surface area (Å²) in [5.74, 6) is 3.09. The summed E-state index contributed by atoms with van der Waals surface area (Å²) in [6.45, 7) is 4.83. The molecular formula is C18H21N3O3. The van der Waals surface area contributed by atoms with E-state index in [1.807, 2.05) is 36.4 Å². The number of hydrogen-bond acceptors (Lipinski definition) is 4. The Morgan fingerprint density at radius 3 is 2.79 bits per heavy atom. The number of aromatic nitrogens is 2. The molecule has 0 N–H and O–H groups in total. The van der Waals surface area contributed by atoms with Crippen molar-refractivity contribution >= 4 is 5.91 Å². The summed E-state index contributed by atoms with van der Waals surface area (Å²) < 4.78 is 12.9. The number of amides is 1. The highest BCUT2D eigenvalue weighted by molar-refractivity contribution is 5.95. The number of imidazole rings is 1. The fraction of sp³-hybridized carbons (Fsp3) is 0.444. The van der Waals surface area contributed by atoms with Crippen LogP contribution in [-0.4, -0.2) is 40.2 Å². The number of hydrogen-bond donors (Lipinski definition) is 0. The predicted octanol–water partition coefficient (Wildman–Crippen LogP) is 2.47. The molecule has 0 unspecified atom stereocenters. The highest BCUT2D eigenvalue weighted by Gasteiger charge is 2.25.